The molecule has 3 N–H and O–H groups in total. The third-order valence-corrected chi connectivity index (χ3v) is 3.54. The van der Waals surface area contributed by atoms with Gasteiger partial charge in [-0.25, -0.2) is 0 Å². The van der Waals surface area contributed by atoms with Gasteiger partial charge in [0, 0.05) is 18.8 Å². The Morgan fingerprint density at radius 2 is 1.76 bits per heavy atom. The Balaban J connectivity index is 1.81. The topological polar surface area (TPSA) is 95.3 Å². The molecule has 0 atom stereocenters. The lowest BCUT2D eigenvalue weighted by Crippen LogP contribution is -2.52. The van der Waals surface area contributed by atoms with Crippen molar-refractivity contribution in [2.24, 2.45) is 0 Å². The highest BCUT2D eigenvalue weighted by molar-refractivity contribution is 6.02. The van der Waals surface area contributed by atoms with E-state index in [0.717, 1.165) is 21.8 Å². The summed E-state index contributed by atoms with van der Waals surface area (Å²) in [6.07, 6.45) is 0. The number of amides is 2. The van der Waals surface area contributed by atoms with Crippen molar-refractivity contribution in [1.82, 2.24) is 15.1 Å². The summed E-state index contributed by atoms with van der Waals surface area (Å²) in [5.74, 6) is 0.0395. The van der Waals surface area contributed by atoms with Crippen LogP contribution in [-0.2, 0) is 9.59 Å². The van der Waals surface area contributed by atoms with Crippen LogP contribution in [0.2, 0.25) is 0 Å². The molecule has 0 radical (unpaired) electrons. The second-order valence-electron chi connectivity index (χ2n) is 4.96. The molecule has 0 aliphatic carbocycles. The molecule has 3 rings (SSSR count). The van der Waals surface area contributed by atoms with Crippen molar-refractivity contribution in [3.8, 4) is 11.3 Å². The molecule has 2 amide bonds. The van der Waals surface area contributed by atoms with Gasteiger partial charge in [-0.1, -0.05) is 12.1 Å². The summed E-state index contributed by atoms with van der Waals surface area (Å²) < 4.78 is 0. The van der Waals surface area contributed by atoms with Crippen LogP contribution in [-0.4, -0.2) is 47.0 Å². The number of hydrogen-bond acceptors (Lipinski definition) is 5. The Bertz CT molecular complexity index is 674. The minimum Gasteiger partial charge on any atom is -0.382 e. The van der Waals surface area contributed by atoms with E-state index in [1.54, 1.807) is 11.0 Å². The molecule has 21 heavy (non-hydrogen) atoms. The SMILES string of the molecule is CN1C(=O)CN(c2ccc(-c3cc(N)n[nH]3)cc2)CC1=O. The molecule has 1 aliphatic heterocycles. The quantitative estimate of drug-likeness (QED) is 0.782. The van der Waals surface area contributed by atoms with Gasteiger partial charge in [-0.15, -0.1) is 0 Å². The van der Waals surface area contributed by atoms with Crippen LogP contribution >= 0.6 is 0 Å². The number of likely N-dealkylation sites (N-methyl/N-ethyl adjacent to an activating group) is 1. The Kier molecular flexibility index (Phi) is 3.09. The van der Waals surface area contributed by atoms with Crippen molar-refractivity contribution in [2.75, 3.05) is 30.8 Å². The van der Waals surface area contributed by atoms with Crippen molar-refractivity contribution in [3.05, 3.63) is 30.3 Å². The fourth-order valence-electron chi connectivity index (χ4n) is 2.25. The highest BCUT2D eigenvalue weighted by Gasteiger charge is 2.28. The number of piperazine rings is 1. The number of H-pyrrole nitrogens is 1. The number of aromatic amines is 1. The first-order valence-corrected chi connectivity index (χ1v) is 6.50. The molecule has 1 fully saturated rings. The maximum Gasteiger partial charge on any atom is 0.248 e. The van der Waals surface area contributed by atoms with Crippen LogP contribution in [0.3, 0.4) is 0 Å². The third kappa shape index (κ3) is 2.45. The van der Waals surface area contributed by atoms with E-state index in [0.29, 0.717) is 5.82 Å². The molecule has 0 unspecified atom stereocenters. The number of nitrogens with zero attached hydrogens (tertiary/aromatic N) is 3. The number of imide groups is 1. The summed E-state index contributed by atoms with van der Waals surface area (Å²) in [7, 11) is 1.51. The molecule has 2 heterocycles. The lowest BCUT2D eigenvalue weighted by atomic mass is 10.1. The van der Waals surface area contributed by atoms with Gasteiger partial charge in [-0.2, -0.15) is 5.10 Å². The minimum absolute atomic E-state index is 0.198. The van der Waals surface area contributed by atoms with Gasteiger partial charge in [-0.3, -0.25) is 19.6 Å². The fourth-order valence-corrected chi connectivity index (χ4v) is 2.25. The van der Waals surface area contributed by atoms with E-state index in [2.05, 4.69) is 10.2 Å². The summed E-state index contributed by atoms with van der Waals surface area (Å²) in [5, 5.41) is 6.72. The Hall–Kier alpha value is -2.83. The molecule has 1 aromatic carbocycles. The van der Waals surface area contributed by atoms with Gasteiger partial charge >= 0.3 is 0 Å². The maximum absolute atomic E-state index is 11.7. The van der Waals surface area contributed by atoms with E-state index >= 15 is 0 Å². The van der Waals surface area contributed by atoms with Crippen LogP contribution in [0.1, 0.15) is 0 Å². The van der Waals surface area contributed by atoms with E-state index in [1.165, 1.54) is 7.05 Å². The number of carbonyl (C=O) groups excluding carboxylic acids is 2. The standard InChI is InChI=1S/C14H15N5O2/c1-18-13(20)7-19(8-14(18)21)10-4-2-9(3-5-10)11-6-12(15)17-16-11/h2-6H,7-8H2,1H3,(H3,15,16,17). The predicted molar refractivity (Wildman–Crippen MR) is 78.4 cm³/mol. The summed E-state index contributed by atoms with van der Waals surface area (Å²) >= 11 is 0. The number of anilines is 2. The smallest absolute Gasteiger partial charge is 0.248 e. The van der Waals surface area contributed by atoms with Gasteiger partial charge in [-0.05, 0) is 17.7 Å². The summed E-state index contributed by atoms with van der Waals surface area (Å²) in [6, 6.07) is 9.29. The Labute approximate surface area is 121 Å². The van der Waals surface area contributed by atoms with Crippen molar-refractivity contribution < 1.29 is 9.59 Å². The van der Waals surface area contributed by atoms with Gasteiger partial charge < -0.3 is 10.6 Å². The zero-order chi connectivity index (χ0) is 15.0. The number of aromatic nitrogens is 2. The Morgan fingerprint density at radius 1 is 1.14 bits per heavy atom. The first kappa shape index (κ1) is 13.2. The summed E-state index contributed by atoms with van der Waals surface area (Å²) in [6.45, 7) is 0.414. The van der Waals surface area contributed by atoms with E-state index < -0.39 is 0 Å². The van der Waals surface area contributed by atoms with Gasteiger partial charge in [0.05, 0.1) is 18.8 Å². The number of benzene rings is 1. The number of rotatable bonds is 2. The highest BCUT2D eigenvalue weighted by Crippen LogP contribution is 2.23. The highest BCUT2D eigenvalue weighted by atomic mass is 16.2. The molecule has 1 aromatic heterocycles. The largest absolute Gasteiger partial charge is 0.382 e. The van der Waals surface area contributed by atoms with Gasteiger partial charge in [0.15, 0.2) is 0 Å². The van der Waals surface area contributed by atoms with E-state index in [1.807, 2.05) is 24.3 Å². The molecule has 1 saturated heterocycles. The molecule has 108 valence electrons. The molecular weight excluding hydrogens is 270 g/mol. The normalized spacial score (nSPS) is 15.7. The number of nitrogens with one attached hydrogen (secondary N) is 1. The van der Waals surface area contributed by atoms with Crippen LogP contribution in [0.5, 0.6) is 0 Å². The van der Waals surface area contributed by atoms with Crippen LogP contribution in [0, 0.1) is 0 Å². The lowest BCUT2D eigenvalue weighted by molar-refractivity contribution is -0.143. The van der Waals surface area contributed by atoms with Gasteiger partial charge in [0.1, 0.15) is 5.82 Å². The minimum atomic E-state index is -0.198. The maximum atomic E-state index is 11.7. The number of hydrogen-bond donors (Lipinski definition) is 2. The zero-order valence-corrected chi connectivity index (χ0v) is 11.5. The van der Waals surface area contributed by atoms with Crippen LogP contribution < -0.4 is 10.6 Å². The predicted octanol–water partition coefficient (Wildman–Crippen LogP) is 0.464. The molecule has 0 bridgehead atoms. The second-order valence-corrected chi connectivity index (χ2v) is 4.96. The molecule has 0 spiro atoms. The van der Waals surface area contributed by atoms with Crippen LogP contribution in [0.4, 0.5) is 11.5 Å². The van der Waals surface area contributed by atoms with Crippen LogP contribution in [0.25, 0.3) is 11.3 Å². The monoisotopic (exact) mass is 285 g/mol. The molecule has 2 aromatic rings. The molecule has 1 aliphatic rings. The average molecular weight is 285 g/mol. The van der Waals surface area contributed by atoms with E-state index in [4.69, 9.17) is 5.73 Å². The zero-order valence-electron chi connectivity index (χ0n) is 11.5. The fraction of sp³-hybridized carbons (Fsp3) is 0.214. The van der Waals surface area contributed by atoms with Crippen molar-refractivity contribution >= 4 is 23.3 Å². The van der Waals surface area contributed by atoms with Gasteiger partial charge in [0.25, 0.3) is 0 Å². The first-order valence-electron chi connectivity index (χ1n) is 6.50. The molecule has 7 heteroatoms. The summed E-state index contributed by atoms with van der Waals surface area (Å²) in [5.41, 5.74) is 8.17. The van der Waals surface area contributed by atoms with Gasteiger partial charge in [0.2, 0.25) is 11.8 Å². The Morgan fingerprint density at radius 3 is 2.29 bits per heavy atom. The number of nitrogen functional groups attached to an aromatic ring is 1. The second kappa shape index (κ2) is 4.93. The molecular formula is C14H15N5O2. The number of nitrogens with two attached hydrogens (primary N) is 1. The lowest BCUT2D eigenvalue weighted by Gasteiger charge is -2.32. The van der Waals surface area contributed by atoms with E-state index in [9.17, 15) is 9.59 Å². The van der Waals surface area contributed by atoms with Crippen LogP contribution in [0.15, 0.2) is 30.3 Å². The number of carbonyl (C=O) groups is 2. The van der Waals surface area contributed by atoms with Crippen molar-refractivity contribution in [3.63, 3.8) is 0 Å². The van der Waals surface area contributed by atoms with Crippen molar-refractivity contribution in [1.29, 1.82) is 0 Å². The summed E-state index contributed by atoms with van der Waals surface area (Å²) in [4.78, 5) is 26.4. The van der Waals surface area contributed by atoms with E-state index in [-0.39, 0.29) is 24.9 Å². The van der Waals surface area contributed by atoms with Crippen molar-refractivity contribution in [2.45, 2.75) is 0 Å². The third-order valence-electron chi connectivity index (χ3n) is 3.54. The molecule has 7 nitrogen and oxygen atoms in total. The first-order chi connectivity index (χ1) is 10.0. The molecule has 0 saturated carbocycles. The average Bonchev–Trinajstić information content (AvgIpc) is 2.91.